The van der Waals surface area contributed by atoms with Crippen molar-refractivity contribution in [3.05, 3.63) is 82.6 Å². The summed E-state index contributed by atoms with van der Waals surface area (Å²) in [6, 6.07) is 14.9. The highest BCUT2D eigenvalue weighted by Gasteiger charge is 2.24. The normalized spacial score (nSPS) is 14.5. The van der Waals surface area contributed by atoms with E-state index >= 15 is 0 Å². The molecule has 0 unspecified atom stereocenters. The fourth-order valence-electron chi connectivity index (χ4n) is 3.66. The molecule has 1 aromatic heterocycles. The Morgan fingerprint density at radius 1 is 0.900 bits per heavy atom. The summed E-state index contributed by atoms with van der Waals surface area (Å²) in [4.78, 5) is 29.5. The predicted molar refractivity (Wildman–Crippen MR) is 116 cm³/mol. The largest absolute Gasteiger partial charge is 0.337 e. The van der Waals surface area contributed by atoms with Crippen molar-refractivity contribution in [2.24, 2.45) is 0 Å². The number of hydrogen-bond acceptors (Lipinski definition) is 3. The van der Waals surface area contributed by atoms with Crippen molar-refractivity contribution in [1.29, 1.82) is 0 Å². The lowest BCUT2D eigenvalue weighted by Crippen LogP contribution is -2.37. The number of carbonyl (C=O) groups excluding carboxylic acids is 2. The van der Waals surface area contributed by atoms with E-state index in [1.54, 1.807) is 34.1 Å². The Bertz CT molecular complexity index is 1080. The molecule has 1 fully saturated rings. The Morgan fingerprint density at radius 2 is 1.60 bits per heavy atom. The van der Waals surface area contributed by atoms with Gasteiger partial charge in [0.2, 0.25) is 0 Å². The topological polar surface area (TPSA) is 58.4 Å². The molecule has 7 heteroatoms. The summed E-state index contributed by atoms with van der Waals surface area (Å²) >= 11 is 6.05. The molecule has 0 aliphatic carbocycles. The van der Waals surface area contributed by atoms with Crippen LogP contribution in [0, 0.1) is 6.92 Å². The van der Waals surface area contributed by atoms with E-state index in [-0.39, 0.29) is 11.8 Å². The smallest absolute Gasteiger partial charge is 0.257 e. The highest BCUT2D eigenvalue weighted by molar-refractivity contribution is 6.30. The summed E-state index contributed by atoms with van der Waals surface area (Å²) in [5.74, 6) is -0.0603. The number of aromatic nitrogens is 2. The first-order chi connectivity index (χ1) is 14.5. The monoisotopic (exact) mass is 422 g/mol. The first kappa shape index (κ1) is 20.2. The maximum absolute atomic E-state index is 13.0. The van der Waals surface area contributed by atoms with Crippen LogP contribution in [0.25, 0.3) is 5.69 Å². The molecule has 0 saturated carbocycles. The number of carbonyl (C=O) groups is 2. The van der Waals surface area contributed by atoms with Gasteiger partial charge in [-0.3, -0.25) is 9.59 Å². The van der Waals surface area contributed by atoms with Crippen LogP contribution in [0.3, 0.4) is 0 Å². The lowest BCUT2D eigenvalue weighted by Gasteiger charge is -2.22. The second-order valence-corrected chi connectivity index (χ2v) is 7.90. The zero-order valence-corrected chi connectivity index (χ0v) is 17.5. The first-order valence-corrected chi connectivity index (χ1v) is 10.3. The van der Waals surface area contributed by atoms with Gasteiger partial charge in [0.05, 0.1) is 17.4 Å². The lowest BCUT2D eigenvalue weighted by molar-refractivity contribution is 0.0718. The van der Waals surface area contributed by atoms with Gasteiger partial charge in [0, 0.05) is 43.0 Å². The number of halogens is 1. The third-order valence-electron chi connectivity index (χ3n) is 5.24. The van der Waals surface area contributed by atoms with Crippen molar-refractivity contribution >= 4 is 23.4 Å². The molecule has 3 aromatic rings. The van der Waals surface area contributed by atoms with E-state index in [1.807, 2.05) is 48.2 Å². The highest BCUT2D eigenvalue weighted by atomic mass is 35.5. The zero-order valence-electron chi connectivity index (χ0n) is 16.8. The molecule has 6 nitrogen and oxygen atoms in total. The molecular formula is C23H23ClN4O2. The van der Waals surface area contributed by atoms with E-state index in [2.05, 4.69) is 5.10 Å². The van der Waals surface area contributed by atoms with Crippen LogP contribution in [-0.2, 0) is 0 Å². The molecule has 1 saturated heterocycles. The lowest BCUT2D eigenvalue weighted by atomic mass is 10.1. The Balaban J connectivity index is 1.43. The standard InChI is InChI=1S/C23H23ClN4O2/c1-17-5-2-6-18(13-17)22(29)26-9-4-10-27(12-11-26)23(30)19-15-25-28(16-19)21-8-3-7-20(24)14-21/h2-3,5-8,13-16H,4,9-12H2,1H3. The molecule has 0 spiro atoms. The number of hydrogen-bond donors (Lipinski definition) is 0. The van der Waals surface area contributed by atoms with Gasteiger partial charge in [0.15, 0.2) is 0 Å². The molecule has 154 valence electrons. The fourth-order valence-corrected chi connectivity index (χ4v) is 3.84. The second kappa shape index (κ2) is 8.71. The van der Waals surface area contributed by atoms with Gasteiger partial charge in [-0.15, -0.1) is 0 Å². The minimum Gasteiger partial charge on any atom is -0.337 e. The maximum atomic E-state index is 13.0. The molecule has 0 atom stereocenters. The maximum Gasteiger partial charge on any atom is 0.257 e. The van der Waals surface area contributed by atoms with Crippen molar-refractivity contribution in [3.63, 3.8) is 0 Å². The summed E-state index contributed by atoms with van der Waals surface area (Å²) in [7, 11) is 0. The predicted octanol–water partition coefficient (Wildman–Crippen LogP) is 3.82. The Kier molecular flexibility index (Phi) is 5.86. The van der Waals surface area contributed by atoms with Crippen molar-refractivity contribution in [2.75, 3.05) is 26.2 Å². The van der Waals surface area contributed by atoms with Gasteiger partial charge in [-0.05, 0) is 43.7 Å². The van der Waals surface area contributed by atoms with E-state index in [0.29, 0.717) is 42.3 Å². The van der Waals surface area contributed by atoms with Gasteiger partial charge in [-0.25, -0.2) is 4.68 Å². The molecule has 0 N–H and O–H groups in total. The van der Waals surface area contributed by atoms with Gasteiger partial charge in [0.25, 0.3) is 11.8 Å². The average Bonchev–Trinajstić information content (AvgIpc) is 3.11. The van der Waals surface area contributed by atoms with Crippen LogP contribution in [0.4, 0.5) is 0 Å². The van der Waals surface area contributed by atoms with Gasteiger partial charge in [0.1, 0.15) is 0 Å². The number of amides is 2. The SMILES string of the molecule is Cc1cccc(C(=O)N2CCCN(C(=O)c3cnn(-c4cccc(Cl)c4)c3)CC2)c1. The number of nitrogens with zero attached hydrogens (tertiary/aromatic N) is 4. The summed E-state index contributed by atoms with van der Waals surface area (Å²) < 4.78 is 1.64. The quantitative estimate of drug-likeness (QED) is 0.644. The van der Waals surface area contributed by atoms with Crippen LogP contribution in [0.2, 0.25) is 5.02 Å². The Morgan fingerprint density at radius 3 is 2.30 bits per heavy atom. The molecule has 2 heterocycles. The number of rotatable bonds is 3. The van der Waals surface area contributed by atoms with Crippen LogP contribution in [0.15, 0.2) is 60.9 Å². The summed E-state index contributed by atoms with van der Waals surface area (Å²) in [5, 5.41) is 4.92. The number of benzene rings is 2. The van der Waals surface area contributed by atoms with Gasteiger partial charge in [-0.1, -0.05) is 35.4 Å². The van der Waals surface area contributed by atoms with Crippen LogP contribution < -0.4 is 0 Å². The van der Waals surface area contributed by atoms with Gasteiger partial charge in [-0.2, -0.15) is 5.10 Å². The van der Waals surface area contributed by atoms with E-state index in [1.165, 1.54) is 0 Å². The molecule has 2 amide bonds. The molecule has 0 radical (unpaired) electrons. The minimum absolute atomic E-state index is 0.0155. The molecular weight excluding hydrogens is 400 g/mol. The minimum atomic E-state index is -0.0758. The third kappa shape index (κ3) is 4.39. The molecule has 0 bridgehead atoms. The van der Waals surface area contributed by atoms with E-state index in [9.17, 15) is 9.59 Å². The second-order valence-electron chi connectivity index (χ2n) is 7.46. The van der Waals surface area contributed by atoms with Gasteiger partial charge >= 0.3 is 0 Å². The van der Waals surface area contributed by atoms with Crippen molar-refractivity contribution in [1.82, 2.24) is 19.6 Å². The van der Waals surface area contributed by atoms with E-state index < -0.39 is 0 Å². The summed E-state index contributed by atoms with van der Waals surface area (Å²) in [6.07, 6.45) is 4.03. The van der Waals surface area contributed by atoms with Crippen LogP contribution >= 0.6 is 11.6 Å². The van der Waals surface area contributed by atoms with E-state index in [0.717, 1.165) is 17.7 Å². The molecule has 4 rings (SSSR count). The van der Waals surface area contributed by atoms with Crippen LogP contribution in [0.1, 0.15) is 32.7 Å². The highest BCUT2D eigenvalue weighted by Crippen LogP contribution is 2.17. The Labute approximate surface area is 180 Å². The van der Waals surface area contributed by atoms with E-state index in [4.69, 9.17) is 11.6 Å². The average molecular weight is 423 g/mol. The van der Waals surface area contributed by atoms with Gasteiger partial charge < -0.3 is 9.80 Å². The van der Waals surface area contributed by atoms with Crippen LogP contribution in [0.5, 0.6) is 0 Å². The Hall–Kier alpha value is -3.12. The van der Waals surface area contributed by atoms with Crippen molar-refractivity contribution in [2.45, 2.75) is 13.3 Å². The summed E-state index contributed by atoms with van der Waals surface area (Å²) in [6.45, 7) is 4.24. The molecule has 2 aromatic carbocycles. The fraction of sp³-hybridized carbons (Fsp3) is 0.261. The zero-order chi connectivity index (χ0) is 21.1. The number of aryl methyl sites for hydroxylation is 1. The molecule has 30 heavy (non-hydrogen) atoms. The third-order valence-corrected chi connectivity index (χ3v) is 5.47. The van der Waals surface area contributed by atoms with Crippen LogP contribution in [-0.4, -0.2) is 57.6 Å². The first-order valence-electron chi connectivity index (χ1n) is 9.97. The summed E-state index contributed by atoms with van der Waals surface area (Å²) in [5.41, 5.74) is 3.07. The van der Waals surface area contributed by atoms with Crippen molar-refractivity contribution in [3.8, 4) is 5.69 Å². The van der Waals surface area contributed by atoms with Crippen molar-refractivity contribution < 1.29 is 9.59 Å². The molecule has 1 aliphatic heterocycles. The molecule has 1 aliphatic rings.